The van der Waals surface area contributed by atoms with Gasteiger partial charge < -0.3 is 15.8 Å². The summed E-state index contributed by atoms with van der Waals surface area (Å²) in [5, 5.41) is 6.03. The Morgan fingerprint density at radius 2 is 2.04 bits per heavy atom. The van der Waals surface area contributed by atoms with Crippen LogP contribution in [0, 0.1) is 5.41 Å². The number of hydrogen-bond acceptors (Lipinski definition) is 5. The Bertz CT molecular complexity index is 687. The zero-order valence-electron chi connectivity index (χ0n) is 14.2. The predicted molar refractivity (Wildman–Crippen MR) is 103 cm³/mol. The maximum Gasteiger partial charge on any atom is 0.228 e. The van der Waals surface area contributed by atoms with E-state index < -0.39 is 5.41 Å². The normalized spacial score (nSPS) is 17.4. The third-order valence-corrected chi connectivity index (χ3v) is 5.66. The van der Waals surface area contributed by atoms with Gasteiger partial charge in [-0.15, -0.1) is 23.7 Å². The van der Waals surface area contributed by atoms with Crippen molar-refractivity contribution in [1.29, 1.82) is 0 Å². The molecule has 1 saturated heterocycles. The van der Waals surface area contributed by atoms with Crippen molar-refractivity contribution in [3.63, 3.8) is 0 Å². The third kappa shape index (κ3) is 4.39. The number of benzene rings is 1. The lowest BCUT2D eigenvalue weighted by Gasteiger charge is -2.35. The summed E-state index contributed by atoms with van der Waals surface area (Å²) >= 11 is 1.57. The fourth-order valence-corrected chi connectivity index (χ4v) is 3.76. The van der Waals surface area contributed by atoms with Gasteiger partial charge in [0.05, 0.1) is 17.2 Å². The Balaban J connectivity index is 0.00000225. The number of nitrogens with one attached hydrogen (secondary N) is 1. The van der Waals surface area contributed by atoms with Crippen LogP contribution >= 0.6 is 23.7 Å². The maximum atomic E-state index is 12.7. The van der Waals surface area contributed by atoms with Gasteiger partial charge >= 0.3 is 0 Å². The summed E-state index contributed by atoms with van der Waals surface area (Å²) in [7, 11) is 0. The summed E-state index contributed by atoms with van der Waals surface area (Å²) in [4.78, 5) is 17.4. The Morgan fingerprint density at radius 3 is 2.68 bits per heavy atom. The molecule has 1 aromatic carbocycles. The molecule has 0 radical (unpaired) electrons. The minimum atomic E-state index is -0.508. The molecule has 2 aromatic rings. The van der Waals surface area contributed by atoms with Gasteiger partial charge in [0.25, 0.3) is 0 Å². The van der Waals surface area contributed by atoms with Crippen LogP contribution in [0.1, 0.15) is 30.8 Å². The molecule has 0 bridgehead atoms. The minimum Gasteiger partial charge on any atom is -0.381 e. The van der Waals surface area contributed by atoms with Crippen molar-refractivity contribution in [3.05, 3.63) is 40.7 Å². The van der Waals surface area contributed by atoms with Crippen LogP contribution in [0.15, 0.2) is 35.7 Å². The molecule has 25 heavy (non-hydrogen) atoms. The van der Waals surface area contributed by atoms with E-state index in [9.17, 15) is 4.79 Å². The zero-order valence-corrected chi connectivity index (χ0v) is 15.9. The van der Waals surface area contributed by atoms with Crippen LogP contribution in [0.25, 0.3) is 11.3 Å². The number of halogens is 1. The van der Waals surface area contributed by atoms with Gasteiger partial charge in [-0.2, -0.15) is 0 Å². The van der Waals surface area contributed by atoms with Crippen LogP contribution in [0.4, 0.5) is 0 Å². The van der Waals surface area contributed by atoms with Crippen LogP contribution in [-0.4, -0.2) is 30.6 Å². The quantitative estimate of drug-likeness (QED) is 0.833. The summed E-state index contributed by atoms with van der Waals surface area (Å²) in [6, 6.07) is 9.91. The molecule has 1 fully saturated rings. The van der Waals surface area contributed by atoms with Gasteiger partial charge in [0, 0.05) is 30.7 Å². The third-order valence-electron chi connectivity index (χ3n) is 4.63. The van der Waals surface area contributed by atoms with E-state index in [0.29, 0.717) is 32.6 Å². The number of carbonyl (C=O) groups excluding carboxylic acids is 1. The van der Waals surface area contributed by atoms with Gasteiger partial charge in [-0.1, -0.05) is 30.3 Å². The number of rotatable bonds is 5. The Hall–Kier alpha value is -1.47. The molecule has 1 unspecified atom stereocenters. The van der Waals surface area contributed by atoms with E-state index in [0.717, 1.165) is 16.3 Å². The average Bonchev–Trinajstić information content (AvgIpc) is 3.13. The van der Waals surface area contributed by atoms with Crippen molar-refractivity contribution in [1.82, 2.24) is 10.3 Å². The molecule has 0 saturated carbocycles. The summed E-state index contributed by atoms with van der Waals surface area (Å²) in [6.45, 7) is 3.50. The summed E-state index contributed by atoms with van der Waals surface area (Å²) < 4.78 is 5.37. The Kier molecular flexibility index (Phi) is 6.95. The number of thiazole rings is 1. The lowest BCUT2D eigenvalue weighted by Crippen LogP contribution is -2.49. The van der Waals surface area contributed by atoms with Crippen molar-refractivity contribution in [2.24, 2.45) is 11.1 Å². The van der Waals surface area contributed by atoms with E-state index in [2.05, 4.69) is 10.3 Å². The monoisotopic (exact) mass is 381 g/mol. The van der Waals surface area contributed by atoms with Gasteiger partial charge in [0.2, 0.25) is 5.91 Å². The van der Waals surface area contributed by atoms with Crippen molar-refractivity contribution in [2.75, 3.05) is 19.8 Å². The van der Waals surface area contributed by atoms with Gasteiger partial charge in [-0.25, -0.2) is 4.98 Å². The standard InChI is InChI=1S/C18H23N3O2S.ClH/c1-13(20-17(22)18(12-19)7-9-23-10-8-18)16-21-15(11-24-16)14-5-3-2-4-6-14;/h2-6,11,13H,7-10,12,19H2,1H3,(H,20,22);1H. The minimum absolute atomic E-state index is 0. The van der Waals surface area contributed by atoms with E-state index in [4.69, 9.17) is 10.5 Å². The molecular formula is C18H24ClN3O2S. The number of aromatic nitrogens is 1. The van der Waals surface area contributed by atoms with E-state index in [1.807, 2.05) is 42.6 Å². The van der Waals surface area contributed by atoms with E-state index in [-0.39, 0.29) is 24.4 Å². The average molecular weight is 382 g/mol. The lowest BCUT2D eigenvalue weighted by atomic mass is 9.79. The second-order valence-electron chi connectivity index (χ2n) is 6.23. The smallest absolute Gasteiger partial charge is 0.228 e. The number of carbonyl (C=O) groups is 1. The lowest BCUT2D eigenvalue weighted by molar-refractivity contribution is -0.136. The van der Waals surface area contributed by atoms with Crippen LogP contribution in [0.5, 0.6) is 0 Å². The maximum absolute atomic E-state index is 12.7. The van der Waals surface area contributed by atoms with Crippen molar-refractivity contribution < 1.29 is 9.53 Å². The number of nitrogens with zero attached hydrogens (tertiary/aromatic N) is 1. The highest BCUT2D eigenvalue weighted by Crippen LogP contribution is 2.31. The van der Waals surface area contributed by atoms with E-state index in [1.165, 1.54) is 0 Å². The van der Waals surface area contributed by atoms with Crippen LogP contribution in [-0.2, 0) is 9.53 Å². The molecule has 3 N–H and O–H groups in total. The first-order valence-corrected chi connectivity index (χ1v) is 9.12. The van der Waals surface area contributed by atoms with Crippen LogP contribution in [0.2, 0.25) is 0 Å². The SMILES string of the molecule is CC(NC(=O)C1(CN)CCOCC1)c1nc(-c2ccccc2)cs1.Cl. The van der Waals surface area contributed by atoms with Crippen molar-refractivity contribution in [2.45, 2.75) is 25.8 Å². The molecule has 1 amide bonds. The highest BCUT2D eigenvalue weighted by atomic mass is 35.5. The summed E-state index contributed by atoms with van der Waals surface area (Å²) in [6.07, 6.45) is 1.35. The fourth-order valence-electron chi connectivity index (χ4n) is 2.93. The van der Waals surface area contributed by atoms with Gasteiger partial charge in [-0.3, -0.25) is 4.79 Å². The Labute approximate surface area is 158 Å². The topological polar surface area (TPSA) is 77.2 Å². The molecule has 0 aliphatic carbocycles. The van der Waals surface area contributed by atoms with E-state index in [1.54, 1.807) is 11.3 Å². The largest absolute Gasteiger partial charge is 0.381 e. The van der Waals surface area contributed by atoms with Gasteiger partial charge in [0.1, 0.15) is 5.01 Å². The van der Waals surface area contributed by atoms with Crippen molar-refractivity contribution in [3.8, 4) is 11.3 Å². The highest BCUT2D eigenvalue weighted by Gasteiger charge is 2.39. The number of ether oxygens (including phenoxy) is 1. The van der Waals surface area contributed by atoms with Crippen molar-refractivity contribution >= 4 is 29.7 Å². The first-order valence-electron chi connectivity index (χ1n) is 8.24. The second kappa shape index (κ2) is 8.76. The summed E-state index contributed by atoms with van der Waals surface area (Å²) in [5.74, 6) is 0.0114. The number of amides is 1. The molecular weight excluding hydrogens is 358 g/mol. The van der Waals surface area contributed by atoms with Crippen LogP contribution < -0.4 is 11.1 Å². The molecule has 1 aromatic heterocycles. The first kappa shape index (κ1) is 19.8. The molecule has 7 heteroatoms. The number of nitrogens with two attached hydrogens (primary N) is 1. The highest BCUT2D eigenvalue weighted by molar-refractivity contribution is 7.10. The first-order chi connectivity index (χ1) is 11.6. The molecule has 1 atom stereocenters. The van der Waals surface area contributed by atoms with Gasteiger partial charge in [-0.05, 0) is 19.8 Å². The van der Waals surface area contributed by atoms with Gasteiger partial charge in [0.15, 0.2) is 0 Å². The van der Waals surface area contributed by atoms with E-state index >= 15 is 0 Å². The molecule has 3 rings (SSSR count). The molecule has 0 spiro atoms. The predicted octanol–water partition coefficient (Wildman–Crippen LogP) is 3.16. The summed E-state index contributed by atoms with van der Waals surface area (Å²) in [5.41, 5.74) is 7.42. The number of hydrogen-bond donors (Lipinski definition) is 2. The fraction of sp³-hybridized carbons (Fsp3) is 0.444. The molecule has 2 heterocycles. The molecule has 136 valence electrons. The second-order valence-corrected chi connectivity index (χ2v) is 7.12. The molecule has 5 nitrogen and oxygen atoms in total. The Morgan fingerprint density at radius 1 is 1.36 bits per heavy atom. The van der Waals surface area contributed by atoms with Crippen LogP contribution in [0.3, 0.4) is 0 Å². The zero-order chi connectivity index (χ0) is 17.0. The molecule has 1 aliphatic rings. The molecule has 1 aliphatic heterocycles.